The van der Waals surface area contributed by atoms with Crippen molar-refractivity contribution in [1.29, 1.82) is 0 Å². The first-order valence-electron chi connectivity index (χ1n) is 6.66. The predicted molar refractivity (Wildman–Crippen MR) is 72.9 cm³/mol. The van der Waals surface area contributed by atoms with Gasteiger partial charge < -0.3 is 0 Å². The van der Waals surface area contributed by atoms with Gasteiger partial charge in [0.2, 0.25) is 0 Å². The van der Waals surface area contributed by atoms with Gasteiger partial charge in [0, 0.05) is 25.2 Å². The molecule has 0 spiro atoms. The molecule has 0 saturated heterocycles. The first-order valence-corrected chi connectivity index (χ1v) is 6.66. The van der Waals surface area contributed by atoms with E-state index in [2.05, 4.69) is 51.4 Å². The summed E-state index contributed by atoms with van der Waals surface area (Å²) in [5, 5.41) is 0. The van der Waals surface area contributed by atoms with Crippen molar-refractivity contribution in [2.45, 2.75) is 66.2 Å². The summed E-state index contributed by atoms with van der Waals surface area (Å²) in [6.45, 7) is 8.84. The molecule has 0 bridgehead atoms. The quantitative estimate of drug-likeness (QED) is 0.465. The summed E-state index contributed by atoms with van der Waals surface area (Å²) in [6, 6.07) is 0. The van der Waals surface area contributed by atoms with Gasteiger partial charge in [-0.15, -0.1) is 17.8 Å². The van der Waals surface area contributed by atoms with Crippen molar-refractivity contribution in [2.24, 2.45) is 11.8 Å². The molecular formula is C16H26. The Hall–Kier alpha value is -0.880. The minimum Gasteiger partial charge on any atom is -0.103 e. The summed E-state index contributed by atoms with van der Waals surface area (Å²) in [5.74, 6) is 14.1. The van der Waals surface area contributed by atoms with E-state index in [-0.39, 0.29) is 0 Å². The van der Waals surface area contributed by atoms with E-state index in [4.69, 9.17) is 0 Å². The summed E-state index contributed by atoms with van der Waals surface area (Å²) >= 11 is 0. The van der Waals surface area contributed by atoms with Crippen LogP contribution in [0.3, 0.4) is 0 Å². The maximum absolute atomic E-state index is 3.34. The molecule has 2 atom stereocenters. The van der Waals surface area contributed by atoms with Crippen LogP contribution in [0.25, 0.3) is 0 Å². The van der Waals surface area contributed by atoms with E-state index in [9.17, 15) is 0 Å². The Labute approximate surface area is 102 Å². The molecule has 0 fully saturated rings. The van der Waals surface area contributed by atoms with Gasteiger partial charge in [0.1, 0.15) is 0 Å². The summed E-state index contributed by atoms with van der Waals surface area (Å²) < 4.78 is 0. The van der Waals surface area contributed by atoms with Crippen LogP contribution >= 0.6 is 0 Å². The van der Waals surface area contributed by atoms with E-state index < -0.39 is 0 Å². The van der Waals surface area contributed by atoms with E-state index in [0.717, 1.165) is 25.7 Å². The van der Waals surface area contributed by atoms with Gasteiger partial charge >= 0.3 is 0 Å². The van der Waals surface area contributed by atoms with Crippen LogP contribution in [0, 0.1) is 35.5 Å². The molecule has 16 heavy (non-hydrogen) atoms. The Bertz CT molecular complexity index is 266. The van der Waals surface area contributed by atoms with Gasteiger partial charge in [-0.3, -0.25) is 0 Å². The van der Waals surface area contributed by atoms with E-state index in [1.54, 1.807) is 0 Å². The lowest BCUT2D eigenvalue weighted by molar-refractivity contribution is 0.485. The average Bonchev–Trinajstić information content (AvgIpc) is 2.29. The minimum absolute atomic E-state index is 0.479. The zero-order valence-electron chi connectivity index (χ0n) is 11.4. The highest BCUT2D eigenvalue weighted by molar-refractivity contribution is 5.06. The summed E-state index contributed by atoms with van der Waals surface area (Å²) in [4.78, 5) is 0. The largest absolute Gasteiger partial charge is 0.103 e. The molecular weight excluding hydrogens is 192 g/mol. The van der Waals surface area contributed by atoms with Crippen LogP contribution in [0.2, 0.25) is 0 Å². The molecule has 0 amide bonds. The fourth-order valence-corrected chi connectivity index (χ4v) is 1.26. The van der Waals surface area contributed by atoms with Crippen LogP contribution in [-0.4, -0.2) is 0 Å². The van der Waals surface area contributed by atoms with Crippen LogP contribution < -0.4 is 0 Å². The van der Waals surface area contributed by atoms with E-state index in [0.29, 0.717) is 11.8 Å². The second-order valence-electron chi connectivity index (χ2n) is 4.50. The maximum atomic E-state index is 3.34. The van der Waals surface area contributed by atoms with E-state index in [1.807, 2.05) is 0 Å². The van der Waals surface area contributed by atoms with Crippen molar-refractivity contribution in [3.8, 4) is 23.7 Å². The highest BCUT2D eigenvalue weighted by Gasteiger charge is 2.07. The molecule has 0 heteroatoms. The normalized spacial score (nSPS) is 13.0. The van der Waals surface area contributed by atoms with Crippen molar-refractivity contribution in [3.05, 3.63) is 0 Å². The molecule has 0 heterocycles. The smallest absolute Gasteiger partial charge is 0.0209 e. The lowest BCUT2D eigenvalue weighted by atomic mass is 9.93. The fraction of sp³-hybridized carbons (Fsp3) is 0.750. The zero-order valence-corrected chi connectivity index (χ0v) is 11.4. The number of unbranched alkanes of at least 4 members (excludes halogenated alkanes) is 3. The molecule has 0 aliphatic rings. The van der Waals surface area contributed by atoms with Crippen LogP contribution in [-0.2, 0) is 0 Å². The summed E-state index contributed by atoms with van der Waals surface area (Å²) in [6.07, 6.45) is 6.70. The Morgan fingerprint density at radius 3 is 2.25 bits per heavy atom. The van der Waals surface area contributed by atoms with Crippen LogP contribution in [0.15, 0.2) is 0 Å². The van der Waals surface area contributed by atoms with Gasteiger partial charge in [0.25, 0.3) is 0 Å². The second kappa shape index (κ2) is 10.6. The van der Waals surface area contributed by atoms with Crippen molar-refractivity contribution in [3.63, 3.8) is 0 Å². The van der Waals surface area contributed by atoms with Crippen molar-refractivity contribution < 1.29 is 0 Å². The van der Waals surface area contributed by atoms with Gasteiger partial charge in [-0.1, -0.05) is 40.0 Å². The molecule has 0 aliphatic heterocycles. The fourth-order valence-electron chi connectivity index (χ4n) is 1.26. The first kappa shape index (κ1) is 15.1. The SMILES string of the molecule is CCCC#CCC(C)C(C)C#CCCCC. The van der Waals surface area contributed by atoms with Crippen LogP contribution in [0.5, 0.6) is 0 Å². The first-order chi connectivity index (χ1) is 7.72. The van der Waals surface area contributed by atoms with Crippen LogP contribution in [0.4, 0.5) is 0 Å². The topological polar surface area (TPSA) is 0 Å². The van der Waals surface area contributed by atoms with E-state index >= 15 is 0 Å². The third-order valence-corrected chi connectivity index (χ3v) is 2.76. The molecule has 0 rings (SSSR count). The van der Waals surface area contributed by atoms with Gasteiger partial charge in [0.05, 0.1) is 0 Å². The third-order valence-electron chi connectivity index (χ3n) is 2.76. The van der Waals surface area contributed by atoms with Crippen LogP contribution in [0.1, 0.15) is 66.2 Å². The second-order valence-corrected chi connectivity index (χ2v) is 4.50. The van der Waals surface area contributed by atoms with Crippen molar-refractivity contribution in [2.75, 3.05) is 0 Å². The molecule has 0 aromatic rings. The highest BCUT2D eigenvalue weighted by Crippen LogP contribution is 2.13. The third kappa shape index (κ3) is 8.43. The average molecular weight is 218 g/mol. The molecule has 0 aromatic heterocycles. The maximum Gasteiger partial charge on any atom is 0.0209 e. The van der Waals surface area contributed by atoms with Gasteiger partial charge in [-0.25, -0.2) is 0 Å². The van der Waals surface area contributed by atoms with Crippen molar-refractivity contribution >= 4 is 0 Å². The Balaban J connectivity index is 3.84. The molecule has 0 radical (unpaired) electrons. The number of hydrogen-bond acceptors (Lipinski definition) is 0. The Kier molecular flexibility index (Phi) is 10.0. The van der Waals surface area contributed by atoms with E-state index in [1.165, 1.54) is 12.8 Å². The number of rotatable bonds is 5. The standard InChI is InChI=1S/C16H26/c1-5-7-9-11-13-15(3)16(4)14-12-10-8-6-2/h15-16H,5-9,14H2,1-4H3. The van der Waals surface area contributed by atoms with Gasteiger partial charge in [0.15, 0.2) is 0 Å². The lowest BCUT2D eigenvalue weighted by Gasteiger charge is -2.10. The molecule has 2 unspecified atom stereocenters. The molecule has 90 valence electrons. The van der Waals surface area contributed by atoms with Gasteiger partial charge in [-0.2, -0.15) is 0 Å². The summed E-state index contributed by atoms with van der Waals surface area (Å²) in [5.41, 5.74) is 0. The minimum atomic E-state index is 0.479. The van der Waals surface area contributed by atoms with Crippen molar-refractivity contribution in [1.82, 2.24) is 0 Å². The highest BCUT2D eigenvalue weighted by atomic mass is 14.1. The number of hydrogen-bond donors (Lipinski definition) is 0. The van der Waals surface area contributed by atoms with Gasteiger partial charge in [-0.05, 0) is 18.8 Å². The monoisotopic (exact) mass is 218 g/mol. The lowest BCUT2D eigenvalue weighted by Crippen LogP contribution is -2.04. The summed E-state index contributed by atoms with van der Waals surface area (Å²) in [7, 11) is 0. The molecule has 0 saturated carbocycles. The Morgan fingerprint density at radius 2 is 1.62 bits per heavy atom. The predicted octanol–water partition coefficient (Wildman–Crippen LogP) is 4.65. The molecule has 0 N–H and O–H groups in total. The molecule has 0 aliphatic carbocycles. The zero-order chi connectivity index (χ0) is 12.2. The molecule has 0 nitrogen and oxygen atoms in total. The Morgan fingerprint density at radius 1 is 0.875 bits per heavy atom. The molecule has 0 aromatic carbocycles.